The minimum Gasteiger partial charge on any atom is -0.393 e. The molecule has 1 aromatic rings. The Morgan fingerprint density at radius 1 is 1.48 bits per heavy atom. The molecule has 2 rings (SSSR count). The van der Waals surface area contributed by atoms with Crippen LogP contribution in [0.3, 0.4) is 0 Å². The van der Waals surface area contributed by atoms with E-state index in [0.29, 0.717) is 31.0 Å². The Bertz CT molecular complexity index is 594. The highest BCUT2D eigenvalue weighted by Gasteiger charge is 2.30. The number of amides is 1. The number of aromatic amines is 1. The van der Waals surface area contributed by atoms with E-state index in [1.165, 1.54) is 0 Å². The summed E-state index contributed by atoms with van der Waals surface area (Å²) in [7, 11) is 0. The molecule has 2 heterocycles. The summed E-state index contributed by atoms with van der Waals surface area (Å²) < 4.78 is 0. The first-order valence-electron chi connectivity index (χ1n) is 7.39. The predicted octanol–water partition coefficient (Wildman–Crippen LogP) is 1.04. The predicted molar refractivity (Wildman–Crippen MR) is 79.4 cm³/mol. The van der Waals surface area contributed by atoms with Crippen molar-refractivity contribution in [1.82, 2.24) is 14.9 Å². The van der Waals surface area contributed by atoms with E-state index in [2.05, 4.69) is 9.97 Å². The van der Waals surface area contributed by atoms with Gasteiger partial charge in [0.25, 0.3) is 11.5 Å². The smallest absolute Gasteiger partial charge is 0.264 e. The first-order valence-corrected chi connectivity index (χ1v) is 7.39. The summed E-state index contributed by atoms with van der Waals surface area (Å²) in [6.07, 6.45) is 0.163. The van der Waals surface area contributed by atoms with Crippen LogP contribution in [0.2, 0.25) is 0 Å². The fourth-order valence-electron chi connectivity index (χ4n) is 2.61. The molecule has 1 amide bonds. The number of likely N-dealkylation sites (tertiary alicyclic amines) is 1. The Kier molecular flexibility index (Phi) is 4.46. The van der Waals surface area contributed by atoms with Crippen LogP contribution < -0.4 is 5.56 Å². The van der Waals surface area contributed by atoms with Gasteiger partial charge < -0.3 is 15.0 Å². The molecule has 0 bridgehead atoms. The molecule has 0 radical (unpaired) electrons. The van der Waals surface area contributed by atoms with Crippen molar-refractivity contribution in [3.05, 3.63) is 27.4 Å². The number of hydrogen-bond acceptors (Lipinski definition) is 4. The fraction of sp³-hybridized carbons (Fsp3) is 0.667. The minimum absolute atomic E-state index is 0.0185. The molecule has 1 aliphatic rings. The third kappa shape index (κ3) is 3.15. The Balaban J connectivity index is 2.30. The lowest BCUT2D eigenvalue weighted by molar-refractivity contribution is 0.0296. The van der Waals surface area contributed by atoms with Crippen LogP contribution in [-0.4, -0.2) is 45.1 Å². The second-order valence-electron chi connectivity index (χ2n) is 6.15. The highest BCUT2D eigenvalue weighted by atomic mass is 16.3. The molecule has 1 aliphatic heterocycles. The zero-order valence-corrected chi connectivity index (χ0v) is 13.0. The van der Waals surface area contributed by atoms with Crippen LogP contribution in [0, 0.1) is 12.8 Å². The van der Waals surface area contributed by atoms with E-state index in [-0.39, 0.29) is 35.0 Å². The second-order valence-corrected chi connectivity index (χ2v) is 6.15. The highest BCUT2D eigenvalue weighted by Crippen LogP contribution is 2.19. The Morgan fingerprint density at radius 2 is 2.14 bits per heavy atom. The van der Waals surface area contributed by atoms with Crippen molar-refractivity contribution in [2.75, 3.05) is 13.1 Å². The lowest BCUT2D eigenvalue weighted by Gasteiger charge is -2.34. The van der Waals surface area contributed by atoms with Crippen LogP contribution in [-0.2, 0) is 0 Å². The topological polar surface area (TPSA) is 86.3 Å². The van der Waals surface area contributed by atoms with Gasteiger partial charge in [-0.15, -0.1) is 0 Å². The first kappa shape index (κ1) is 15.7. The molecule has 116 valence electrons. The van der Waals surface area contributed by atoms with E-state index in [4.69, 9.17) is 0 Å². The number of nitrogens with zero attached hydrogens (tertiary/aromatic N) is 2. The number of nitrogens with one attached hydrogen (secondary N) is 1. The fourth-order valence-corrected chi connectivity index (χ4v) is 2.61. The van der Waals surface area contributed by atoms with E-state index in [0.717, 1.165) is 0 Å². The largest absolute Gasteiger partial charge is 0.393 e. The van der Waals surface area contributed by atoms with Gasteiger partial charge in [0.1, 0.15) is 11.4 Å². The molecule has 2 unspecified atom stereocenters. The zero-order chi connectivity index (χ0) is 15.7. The number of aliphatic hydroxyl groups excluding tert-OH is 1. The van der Waals surface area contributed by atoms with Crippen molar-refractivity contribution in [3.63, 3.8) is 0 Å². The maximum Gasteiger partial charge on any atom is 0.264 e. The van der Waals surface area contributed by atoms with E-state index in [1.807, 2.05) is 20.8 Å². The van der Waals surface area contributed by atoms with Gasteiger partial charge in [-0.3, -0.25) is 9.59 Å². The van der Waals surface area contributed by atoms with Crippen molar-refractivity contribution >= 4 is 5.91 Å². The lowest BCUT2D eigenvalue weighted by atomic mass is 9.96. The summed E-state index contributed by atoms with van der Waals surface area (Å²) in [5, 5.41) is 9.74. The van der Waals surface area contributed by atoms with Crippen LogP contribution in [0.25, 0.3) is 0 Å². The summed E-state index contributed by atoms with van der Waals surface area (Å²) in [6.45, 7) is 8.40. The van der Waals surface area contributed by atoms with Crippen LogP contribution in [0.15, 0.2) is 4.79 Å². The molecule has 2 atom stereocenters. The molecule has 0 aliphatic carbocycles. The van der Waals surface area contributed by atoms with Crippen molar-refractivity contribution < 1.29 is 9.90 Å². The maximum atomic E-state index is 12.6. The highest BCUT2D eigenvalue weighted by molar-refractivity contribution is 5.94. The quantitative estimate of drug-likeness (QED) is 0.853. The van der Waals surface area contributed by atoms with Crippen LogP contribution in [0.1, 0.15) is 55.0 Å². The summed E-state index contributed by atoms with van der Waals surface area (Å²) in [5.41, 5.74) is 0.198. The SMILES string of the molecule is Cc1nc(C(C)C)[nH]c(=O)c1C(=O)N1CCC(O)C(C)C1. The summed E-state index contributed by atoms with van der Waals surface area (Å²) in [4.78, 5) is 33.4. The summed E-state index contributed by atoms with van der Waals surface area (Å²) >= 11 is 0. The van der Waals surface area contributed by atoms with Gasteiger partial charge in [-0.05, 0) is 19.3 Å². The van der Waals surface area contributed by atoms with Crippen molar-refractivity contribution in [2.45, 2.75) is 46.1 Å². The molecule has 0 saturated carbocycles. The Morgan fingerprint density at radius 3 is 2.67 bits per heavy atom. The van der Waals surface area contributed by atoms with Gasteiger partial charge in [-0.1, -0.05) is 20.8 Å². The van der Waals surface area contributed by atoms with Gasteiger partial charge in [-0.25, -0.2) is 4.98 Å². The summed E-state index contributed by atoms with van der Waals surface area (Å²) in [5.74, 6) is 0.419. The molecular formula is C15H23N3O3. The van der Waals surface area contributed by atoms with Gasteiger partial charge in [0, 0.05) is 19.0 Å². The van der Waals surface area contributed by atoms with Crippen LogP contribution >= 0.6 is 0 Å². The molecule has 6 nitrogen and oxygen atoms in total. The molecule has 1 fully saturated rings. The zero-order valence-electron chi connectivity index (χ0n) is 13.0. The molecule has 0 aromatic carbocycles. The number of aryl methyl sites for hydroxylation is 1. The number of aliphatic hydroxyl groups is 1. The van der Waals surface area contributed by atoms with E-state index >= 15 is 0 Å². The number of carbonyl (C=O) groups is 1. The minimum atomic E-state index is -0.380. The molecule has 6 heteroatoms. The lowest BCUT2D eigenvalue weighted by Crippen LogP contribution is -2.46. The number of hydrogen-bond donors (Lipinski definition) is 2. The molecule has 0 spiro atoms. The number of piperidine rings is 1. The number of H-pyrrole nitrogens is 1. The molecule has 21 heavy (non-hydrogen) atoms. The van der Waals surface area contributed by atoms with Gasteiger partial charge >= 0.3 is 0 Å². The molecule has 2 N–H and O–H groups in total. The van der Waals surface area contributed by atoms with Gasteiger partial charge in [0.05, 0.1) is 11.8 Å². The Labute approximate surface area is 124 Å². The molecular weight excluding hydrogens is 270 g/mol. The van der Waals surface area contributed by atoms with Gasteiger partial charge in [0.2, 0.25) is 0 Å². The molecule has 1 aromatic heterocycles. The van der Waals surface area contributed by atoms with Gasteiger partial charge in [-0.2, -0.15) is 0 Å². The monoisotopic (exact) mass is 293 g/mol. The number of carbonyl (C=O) groups excluding carboxylic acids is 1. The van der Waals surface area contributed by atoms with Crippen molar-refractivity contribution in [1.29, 1.82) is 0 Å². The number of rotatable bonds is 2. The normalized spacial score (nSPS) is 22.7. The van der Waals surface area contributed by atoms with Crippen molar-refractivity contribution in [2.24, 2.45) is 5.92 Å². The second kappa shape index (κ2) is 5.97. The van der Waals surface area contributed by atoms with Crippen LogP contribution in [0.5, 0.6) is 0 Å². The average molecular weight is 293 g/mol. The van der Waals surface area contributed by atoms with E-state index in [1.54, 1.807) is 11.8 Å². The maximum absolute atomic E-state index is 12.6. The summed E-state index contributed by atoms with van der Waals surface area (Å²) in [6, 6.07) is 0. The van der Waals surface area contributed by atoms with Crippen molar-refractivity contribution in [3.8, 4) is 0 Å². The molecule has 1 saturated heterocycles. The van der Waals surface area contributed by atoms with E-state index < -0.39 is 0 Å². The average Bonchev–Trinajstić information content (AvgIpc) is 2.40. The third-order valence-corrected chi connectivity index (χ3v) is 4.03. The Hall–Kier alpha value is -1.69. The van der Waals surface area contributed by atoms with Crippen LogP contribution in [0.4, 0.5) is 0 Å². The van der Waals surface area contributed by atoms with Gasteiger partial charge in [0.15, 0.2) is 0 Å². The third-order valence-electron chi connectivity index (χ3n) is 4.03. The number of aromatic nitrogens is 2. The first-order chi connectivity index (χ1) is 9.81. The standard InChI is InChI=1S/C15H23N3O3/c1-8(2)13-16-10(4)12(14(20)17-13)15(21)18-6-5-11(19)9(3)7-18/h8-9,11,19H,5-7H2,1-4H3,(H,16,17,20). The van der Waals surface area contributed by atoms with E-state index in [9.17, 15) is 14.7 Å².